The zero-order valence-electron chi connectivity index (χ0n) is 15.2. The Kier molecular flexibility index (Phi) is 5.44. The third-order valence-corrected chi connectivity index (χ3v) is 5.50. The summed E-state index contributed by atoms with van der Waals surface area (Å²) in [4.78, 5) is 17.5. The molecule has 0 bridgehead atoms. The molecule has 4 nitrogen and oxygen atoms in total. The van der Waals surface area contributed by atoms with Crippen molar-refractivity contribution in [3.63, 3.8) is 0 Å². The fourth-order valence-corrected chi connectivity index (χ4v) is 4.44. The van der Waals surface area contributed by atoms with Gasteiger partial charge in [0.2, 0.25) is 0 Å². The van der Waals surface area contributed by atoms with Gasteiger partial charge >= 0.3 is 0 Å². The van der Waals surface area contributed by atoms with E-state index < -0.39 is 0 Å². The molecule has 2 saturated heterocycles. The zero-order valence-corrected chi connectivity index (χ0v) is 15.2. The fourth-order valence-electron chi connectivity index (χ4n) is 4.44. The number of nitrogens with zero attached hydrogens (tertiary/aromatic N) is 2. The first-order valence-corrected chi connectivity index (χ1v) is 9.24. The van der Waals surface area contributed by atoms with Gasteiger partial charge in [0.05, 0.1) is 12.7 Å². The van der Waals surface area contributed by atoms with E-state index in [1.165, 1.54) is 19.5 Å². The van der Waals surface area contributed by atoms with Gasteiger partial charge in [-0.3, -0.25) is 9.69 Å². The van der Waals surface area contributed by atoms with Crippen molar-refractivity contribution in [1.29, 1.82) is 0 Å². The Labute approximate surface area is 145 Å². The second kappa shape index (κ2) is 7.56. The summed E-state index contributed by atoms with van der Waals surface area (Å²) in [6.07, 6.45) is 3.52. The normalized spacial score (nSPS) is 26.4. The van der Waals surface area contributed by atoms with Crippen molar-refractivity contribution in [3.05, 3.63) is 29.8 Å². The van der Waals surface area contributed by atoms with Crippen LogP contribution in [0.25, 0.3) is 0 Å². The number of ether oxygens (including phenoxy) is 1. The highest BCUT2D eigenvalue weighted by Crippen LogP contribution is 2.28. The van der Waals surface area contributed by atoms with Crippen LogP contribution < -0.4 is 4.74 Å². The van der Waals surface area contributed by atoms with Gasteiger partial charge < -0.3 is 9.64 Å². The minimum absolute atomic E-state index is 0.103. The molecule has 1 aromatic carbocycles. The number of likely N-dealkylation sites (tertiary alicyclic amines) is 2. The average molecular weight is 330 g/mol. The molecule has 0 unspecified atom stereocenters. The van der Waals surface area contributed by atoms with Crippen LogP contribution in [0.4, 0.5) is 0 Å². The van der Waals surface area contributed by atoms with Gasteiger partial charge in [0.1, 0.15) is 5.75 Å². The maximum absolute atomic E-state index is 12.8. The lowest BCUT2D eigenvalue weighted by molar-refractivity contribution is 0.0449. The first-order chi connectivity index (χ1) is 11.6. The molecule has 1 amide bonds. The summed E-state index contributed by atoms with van der Waals surface area (Å²) in [6, 6.07) is 8.16. The summed E-state index contributed by atoms with van der Waals surface area (Å²) in [5.74, 6) is 2.36. The molecule has 0 radical (unpaired) electrons. The molecule has 0 saturated carbocycles. The Morgan fingerprint density at radius 3 is 2.33 bits per heavy atom. The van der Waals surface area contributed by atoms with E-state index in [1.807, 2.05) is 29.2 Å². The van der Waals surface area contributed by atoms with Gasteiger partial charge in [-0.05, 0) is 43.2 Å². The summed E-state index contributed by atoms with van der Waals surface area (Å²) in [5, 5.41) is 0. The number of amides is 1. The number of benzene rings is 1. The Hall–Kier alpha value is -1.55. The lowest BCUT2D eigenvalue weighted by Crippen LogP contribution is -2.50. The molecule has 2 fully saturated rings. The smallest absolute Gasteiger partial charge is 0.257 e. The molecule has 0 spiro atoms. The van der Waals surface area contributed by atoms with Crippen LogP contribution in [0.2, 0.25) is 0 Å². The van der Waals surface area contributed by atoms with Gasteiger partial charge in [-0.1, -0.05) is 26.0 Å². The van der Waals surface area contributed by atoms with Crippen molar-refractivity contribution >= 4 is 5.91 Å². The summed E-state index contributed by atoms with van der Waals surface area (Å²) < 4.78 is 5.34. The molecular formula is C20H30N2O2. The van der Waals surface area contributed by atoms with Crippen molar-refractivity contribution in [2.45, 2.75) is 39.2 Å². The molecule has 132 valence electrons. The Bertz CT molecular complexity index is 557. The van der Waals surface area contributed by atoms with Crippen LogP contribution in [0.15, 0.2) is 24.3 Å². The topological polar surface area (TPSA) is 32.8 Å². The van der Waals surface area contributed by atoms with Gasteiger partial charge in [-0.25, -0.2) is 0 Å². The van der Waals surface area contributed by atoms with E-state index in [9.17, 15) is 4.79 Å². The molecular weight excluding hydrogens is 300 g/mol. The standard InChI is InChI=1S/C20H30N2O2/c1-15-12-16(2)14-22(13-15)17-8-10-21(11-9-17)20(23)18-6-4-5-7-19(18)24-3/h4-7,15-17H,8-14H2,1-3H3/t15-,16+. The van der Waals surface area contributed by atoms with Crippen molar-refractivity contribution in [2.75, 3.05) is 33.3 Å². The quantitative estimate of drug-likeness (QED) is 0.853. The van der Waals surface area contributed by atoms with Crippen molar-refractivity contribution in [2.24, 2.45) is 11.8 Å². The molecule has 1 aromatic rings. The summed E-state index contributed by atoms with van der Waals surface area (Å²) in [7, 11) is 1.62. The van der Waals surface area contributed by atoms with Gasteiger partial charge in [0.25, 0.3) is 5.91 Å². The van der Waals surface area contributed by atoms with E-state index in [4.69, 9.17) is 4.74 Å². The van der Waals surface area contributed by atoms with Gasteiger partial charge in [-0.15, -0.1) is 0 Å². The second-order valence-electron chi connectivity index (χ2n) is 7.62. The van der Waals surface area contributed by atoms with Gasteiger partial charge in [0, 0.05) is 32.2 Å². The minimum Gasteiger partial charge on any atom is -0.496 e. The predicted molar refractivity (Wildman–Crippen MR) is 96.4 cm³/mol. The minimum atomic E-state index is 0.103. The summed E-state index contributed by atoms with van der Waals surface area (Å²) >= 11 is 0. The van der Waals surface area contributed by atoms with Crippen LogP contribution in [-0.4, -0.2) is 55.0 Å². The van der Waals surface area contributed by atoms with Crippen LogP contribution in [0.1, 0.15) is 43.5 Å². The molecule has 0 aliphatic carbocycles. The number of carbonyl (C=O) groups is 1. The third-order valence-electron chi connectivity index (χ3n) is 5.50. The maximum Gasteiger partial charge on any atom is 0.257 e. The largest absolute Gasteiger partial charge is 0.496 e. The lowest BCUT2D eigenvalue weighted by atomic mass is 9.89. The van der Waals surface area contributed by atoms with Crippen molar-refractivity contribution in [3.8, 4) is 5.75 Å². The molecule has 4 heteroatoms. The number of hydrogen-bond donors (Lipinski definition) is 0. The molecule has 0 aromatic heterocycles. The number of piperidine rings is 2. The van der Waals surface area contributed by atoms with Crippen LogP contribution >= 0.6 is 0 Å². The van der Waals surface area contributed by atoms with E-state index >= 15 is 0 Å². The summed E-state index contributed by atoms with van der Waals surface area (Å²) in [5.41, 5.74) is 0.679. The van der Waals surface area contributed by atoms with Crippen LogP contribution in [0.5, 0.6) is 5.75 Å². The van der Waals surface area contributed by atoms with Crippen LogP contribution in [0.3, 0.4) is 0 Å². The molecule has 24 heavy (non-hydrogen) atoms. The molecule has 3 rings (SSSR count). The molecule has 2 atom stereocenters. The molecule has 2 heterocycles. The van der Waals surface area contributed by atoms with E-state index in [1.54, 1.807) is 7.11 Å². The van der Waals surface area contributed by atoms with Gasteiger partial charge in [-0.2, -0.15) is 0 Å². The number of para-hydroxylation sites is 1. The Morgan fingerprint density at radius 2 is 1.71 bits per heavy atom. The average Bonchev–Trinajstić information content (AvgIpc) is 2.60. The highest BCUT2D eigenvalue weighted by Gasteiger charge is 2.31. The highest BCUT2D eigenvalue weighted by atomic mass is 16.5. The number of methoxy groups -OCH3 is 1. The Balaban J connectivity index is 1.59. The van der Waals surface area contributed by atoms with Crippen molar-refractivity contribution in [1.82, 2.24) is 9.80 Å². The van der Waals surface area contributed by atoms with Gasteiger partial charge in [0.15, 0.2) is 0 Å². The number of rotatable bonds is 3. The highest BCUT2D eigenvalue weighted by molar-refractivity contribution is 5.97. The fraction of sp³-hybridized carbons (Fsp3) is 0.650. The van der Waals surface area contributed by atoms with Crippen LogP contribution in [-0.2, 0) is 0 Å². The third kappa shape index (κ3) is 3.75. The second-order valence-corrected chi connectivity index (χ2v) is 7.62. The Morgan fingerprint density at radius 1 is 1.08 bits per heavy atom. The lowest BCUT2D eigenvalue weighted by Gasteiger charge is -2.43. The van der Waals surface area contributed by atoms with E-state index in [2.05, 4.69) is 18.7 Å². The SMILES string of the molecule is COc1ccccc1C(=O)N1CCC(N2C[C@H](C)C[C@H](C)C2)CC1. The first-order valence-electron chi connectivity index (χ1n) is 9.24. The maximum atomic E-state index is 12.8. The van der Waals surface area contributed by atoms with E-state index in [0.29, 0.717) is 17.4 Å². The number of carbonyl (C=O) groups excluding carboxylic acids is 1. The number of hydrogen-bond acceptors (Lipinski definition) is 3. The van der Waals surface area contributed by atoms with E-state index in [-0.39, 0.29) is 5.91 Å². The van der Waals surface area contributed by atoms with Crippen LogP contribution in [0, 0.1) is 11.8 Å². The molecule has 0 N–H and O–H groups in total. The summed E-state index contributed by atoms with van der Waals surface area (Å²) in [6.45, 7) is 8.86. The monoisotopic (exact) mass is 330 g/mol. The predicted octanol–water partition coefficient (Wildman–Crippen LogP) is 3.28. The molecule has 2 aliphatic heterocycles. The molecule has 2 aliphatic rings. The van der Waals surface area contributed by atoms with Crippen molar-refractivity contribution < 1.29 is 9.53 Å². The zero-order chi connectivity index (χ0) is 17.1. The van der Waals surface area contributed by atoms with E-state index in [0.717, 1.165) is 37.8 Å². The first kappa shape index (κ1) is 17.3.